The van der Waals surface area contributed by atoms with E-state index in [1.54, 1.807) is 13.8 Å². The lowest BCUT2D eigenvalue weighted by molar-refractivity contribution is -0.398. The SMILES string of the molecule is CO[C@@H]1O[C@H](CO)[C@@H](O[C@@H]2O[C@@H]3COC(C)(C)O[C@@H]3[C@H](O)[C@H]2O)[C@H](O)[C@H]1O. The largest absolute Gasteiger partial charge is 0.394 e. The highest BCUT2D eigenvalue weighted by Crippen LogP contribution is 2.34. The van der Waals surface area contributed by atoms with Crippen LogP contribution in [-0.4, -0.2) is 113 Å². The van der Waals surface area contributed by atoms with Gasteiger partial charge < -0.3 is 54.0 Å². The summed E-state index contributed by atoms with van der Waals surface area (Å²) in [7, 11) is 1.28. The summed E-state index contributed by atoms with van der Waals surface area (Å²) < 4.78 is 32.7. The number of methoxy groups -OCH3 is 1. The molecule has 0 aromatic rings. The van der Waals surface area contributed by atoms with Gasteiger partial charge in [-0.2, -0.15) is 0 Å². The first kappa shape index (κ1) is 21.3. The Morgan fingerprint density at radius 1 is 0.963 bits per heavy atom. The Morgan fingerprint density at radius 2 is 1.63 bits per heavy atom. The minimum absolute atomic E-state index is 0.100. The molecule has 11 nitrogen and oxygen atoms in total. The number of hydrogen-bond acceptors (Lipinski definition) is 11. The molecule has 0 aromatic carbocycles. The Balaban J connectivity index is 1.71. The third-order valence-corrected chi connectivity index (χ3v) is 5.00. The lowest BCUT2D eigenvalue weighted by Crippen LogP contribution is -2.67. The van der Waals surface area contributed by atoms with Crippen LogP contribution in [0.4, 0.5) is 0 Å². The van der Waals surface area contributed by atoms with E-state index in [-0.39, 0.29) is 6.61 Å². The maximum atomic E-state index is 10.4. The van der Waals surface area contributed by atoms with E-state index in [1.165, 1.54) is 7.11 Å². The molecular weight excluding hydrogens is 368 g/mol. The number of aliphatic hydroxyl groups excluding tert-OH is 5. The molecule has 0 spiro atoms. The molecule has 3 saturated heterocycles. The van der Waals surface area contributed by atoms with Gasteiger partial charge in [-0.25, -0.2) is 0 Å². The van der Waals surface area contributed by atoms with Crippen LogP contribution in [0, 0.1) is 0 Å². The first-order chi connectivity index (χ1) is 12.7. The van der Waals surface area contributed by atoms with Crippen LogP contribution in [-0.2, 0) is 28.4 Å². The fraction of sp³-hybridized carbons (Fsp3) is 1.00. The molecule has 5 N–H and O–H groups in total. The fourth-order valence-corrected chi connectivity index (χ4v) is 3.51. The van der Waals surface area contributed by atoms with E-state index in [0.29, 0.717) is 0 Å². The highest BCUT2D eigenvalue weighted by Gasteiger charge is 2.53. The summed E-state index contributed by atoms with van der Waals surface area (Å²) in [4.78, 5) is 0. The van der Waals surface area contributed by atoms with Crippen LogP contribution in [0.15, 0.2) is 0 Å². The Hall–Kier alpha value is -0.440. The van der Waals surface area contributed by atoms with E-state index >= 15 is 0 Å². The van der Waals surface area contributed by atoms with Crippen molar-refractivity contribution in [3.05, 3.63) is 0 Å². The third kappa shape index (κ3) is 4.14. The number of hydrogen-bond donors (Lipinski definition) is 5. The molecule has 11 heteroatoms. The smallest absolute Gasteiger partial charge is 0.187 e. The van der Waals surface area contributed by atoms with Crippen molar-refractivity contribution in [1.82, 2.24) is 0 Å². The molecule has 3 rings (SSSR count). The van der Waals surface area contributed by atoms with Crippen LogP contribution in [0.1, 0.15) is 13.8 Å². The van der Waals surface area contributed by atoms with Crippen molar-refractivity contribution in [3.63, 3.8) is 0 Å². The Morgan fingerprint density at radius 3 is 2.26 bits per heavy atom. The van der Waals surface area contributed by atoms with Gasteiger partial charge in [-0.15, -0.1) is 0 Å². The van der Waals surface area contributed by atoms with Crippen LogP contribution in [0.25, 0.3) is 0 Å². The molecule has 10 atom stereocenters. The van der Waals surface area contributed by atoms with Crippen molar-refractivity contribution < 1.29 is 54.0 Å². The van der Waals surface area contributed by atoms with E-state index in [2.05, 4.69) is 0 Å². The second-order valence-corrected chi connectivity index (χ2v) is 7.36. The van der Waals surface area contributed by atoms with Gasteiger partial charge in [0.05, 0.1) is 13.2 Å². The summed E-state index contributed by atoms with van der Waals surface area (Å²) >= 11 is 0. The molecule has 3 aliphatic rings. The average Bonchev–Trinajstić information content (AvgIpc) is 2.63. The molecule has 0 aromatic heterocycles. The monoisotopic (exact) mass is 396 g/mol. The summed E-state index contributed by atoms with van der Waals surface area (Å²) in [6.45, 7) is 2.93. The van der Waals surface area contributed by atoms with Crippen LogP contribution in [0.5, 0.6) is 0 Å². The minimum Gasteiger partial charge on any atom is -0.394 e. The summed E-state index contributed by atoms with van der Waals surface area (Å²) in [6.07, 6.45) is -12.1. The molecule has 27 heavy (non-hydrogen) atoms. The highest BCUT2D eigenvalue weighted by molar-refractivity contribution is 4.96. The van der Waals surface area contributed by atoms with Gasteiger partial charge in [-0.1, -0.05) is 0 Å². The zero-order valence-electron chi connectivity index (χ0n) is 15.4. The number of rotatable bonds is 4. The molecule has 0 saturated carbocycles. The predicted octanol–water partition coefficient (Wildman–Crippen LogP) is -2.94. The topological polar surface area (TPSA) is 157 Å². The van der Waals surface area contributed by atoms with Crippen molar-refractivity contribution in [1.29, 1.82) is 0 Å². The van der Waals surface area contributed by atoms with E-state index in [1.807, 2.05) is 0 Å². The van der Waals surface area contributed by atoms with Crippen molar-refractivity contribution in [2.75, 3.05) is 20.3 Å². The van der Waals surface area contributed by atoms with E-state index in [9.17, 15) is 25.5 Å². The lowest BCUT2D eigenvalue weighted by atomic mass is 9.96. The standard InChI is InChI=1S/C16H28O11/c1-16(2)23-5-7-13(27-16)9(19)11(21)15(25-7)26-12-6(4-17)24-14(22-3)10(20)8(12)18/h6-15,17-21H,4-5H2,1-3H3/t6-,7-,8-,9-,10-,11-,12-,13+,14-,15+/m1/s1. The summed E-state index contributed by atoms with van der Waals surface area (Å²) in [6, 6.07) is 0. The van der Waals surface area contributed by atoms with Crippen LogP contribution >= 0.6 is 0 Å². The number of ether oxygens (including phenoxy) is 6. The second-order valence-electron chi connectivity index (χ2n) is 7.36. The molecule has 0 bridgehead atoms. The zero-order chi connectivity index (χ0) is 19.9. The molecule has 3 heterocycles. The first-order valence-corrected chi connectivity index (χ1v) is 8.82. The van der Waals surface area contributed by atoms with Crippen LogP contribution < -0.4 is 0 Å². The second kappa shape index (κ2) is 8.13. The van der Waals surface area contributed by atoms with Crippen LogP contribution in [0.2, 0.25) is 0 Å². The van der Waals surface area contributed by atoms with E-state index in [4.69, 9.17) is 28.4 Å². The molecule has 158 valence electrons. The van der Waals surface area contributed by atoms with Gasteiger partial charge in [-0.05, 0) is 13.8 Å². The Kier molecular flexibility index (Phi) is 6.40. The molecule has 0 aliphatic carbocycles. The van der Waals surface area contributed by atoms with Gasteiger partial charge in [0.25, 0.3) is 0 Å². The molecule has 3 fully saturated rings. The average molecular weight is 396 g/mol. The van der Waals surface area contributed by atoms with Crippen LogP contribution in [0.3, 0.4) is 0 Å². The lowest BCUT2D eigenvalue weighted by Gasteiger charge is -2.50. The summed E-state index contributed by atoms with van der Waals surface area (Å²) in [5.41, 5.74) is 0. The van der Waals surface area contributed by atoms with Crippen molar-refractivity contribution in [2.24, 2.45) is 0 Å². The van der Waals surface area contributed by atoms with Gasteiger partial charge in [-0.3, -0.25) is 0 Å². The normalized spacial score (nSPS) is 50.2. The fourth-order valence-electron chi connectivity index (χ4n) is 3.51. The number of aliphatic hydroxyl groups is 5. The minimum atomic E-state index is -1.50. The van der Waals surface area contributed by atoms with Gasteiger partial charge >= 0.3 is 0 Å². The van der Waals surface area contributed by atoms with Gasteiger partial charge in [0, 0.05) is 7.11 Å². The van der Waals surface area contributed by atoms with Gasteiger partial charge in [0.1, 0.15) is 48.8 Å². The maximum Gasteiger partial charge on any atom is 0.187 e. The molecule has 0 radical (unpaired) electrons. The van der Waals surface area contributed by atoms with Gasteiger partial charge in [0.2, 0.25) is 0 Å². The molecule has 0 amide bonds. The third-order valence-electron chi connectivity index (χ3n) is 5.00. The van der Waals surface area contributed by atoms with Crippen molar-refractivity contribution >= 4 is 0 Å². The molecular formula is C16H28O11. The van der Waals surface area contributed by atoms with Crippen molar-refractivity contribution in [2.45, 2.75) is 81.0 Å². The zero-order valence-corrected chi connectivity index (χ0v) is 15.4. The van der Waals surface area contributed by atoms with E-state index in [0.717, 1.165) is 0 Å². The molecule has 0 unspecified atom stereocenters. The predicted molar refractivity (Wildman–Crippen MR) is 85.2 cm³/mol. The van der Waals surface area contributed by atoms with Crippen molar-refractivity contribution in [3.8, 4) is 0 Å². The molecule has 3 aliphatic heterocycles. The van der Waals surface area contributed by atoms with Gasteiger partial charge in [0.15, 0.2) is 18.4 Å². The quantitative estimate of drug-likeness (QED) is 0.331. The summed E-state index contributed by atoms with van der Waals surface area (Å²) in [5.74, 6) is -0.937. The Bertz CT molecular complexity index is 499. The van der Waals surface area contributed by atoms with E-state index < -0.39 is 73.8 Å². The highest BCUT2D eigenvalue weighted by atomic mass is 16.8. The number of fused-ring (bicyclic) bond motifs is 1. The first-order valence-electron chi connectivity index (χ1n) is 8.82. The summed E-state index contributed by atoms with van der Waals surface area (Å²) in [5, 5.41) is 50.7. The Labute approximate surface area is 156 Å². The maximum absolute atomic E-state index is 10.4.